The molecule has 1 unspecified atom stereocenters. The molecule has 0 amide bonds. The lowest BCUT2D eigenvalue weighted by atomic mass is 10.0. The first-order chi connectivity index (χ1) is 14.5. The number of aryl methyl sites for hydroxylation is 1. The summed E-state index contributed by atoms with van der Waals surface area (Å²) >= 11 is 7.69. The van der Waals surface area contributed by atoms with Gasteiger partial charge in [-0.15, -0.1) is 11.3 Å². The van der Waals surface area contributed by atoms with Crippen molar-refractivity contribution in [2.45, 2.75) is 62.5 Å². The maximum atomic E-state index is 13.6. The molecule has 30 heavy (non-hydrogen) atoms. The molecule has 0 radical (unpaired) electrons. The molecule has 0 aliphatic carbocycles. The Labute approximate surface area is 189 Å². The van der Waals surface area contributed by atoms with E-state index >= 15 is 0 Å². The number of hydrogen-bond donors (Lipinski definition) is 0. The van der Waals surface area contributed by atoms with Crippen molar-refractivity contribution < 1.29 is 8.42 Å². The Bertz CT molecular complexity index is 1040. The second kappa shape index (κ2) is 10.6. The second-order valence-electron chi connectivity index (χ2n) is 7.60. The zero-order valence-corrected chi connectivity index (χ0v) is 20.0. The molecule has 1 atom stereocenters. The molecule has 1 heterocycles. The molecule has 2 nitrogen and oxygen atoms in total. The summed E-state index contributed by atoms with van der Waals surface area (Å²) in [6.07, 6.45) is 5.72. The van der Waals surface area contributed by atoms with Crippen molar-refractivity contribution in [3.05, 3.63) is 76.1 Å². The summed E-state index contributed by atoms with van der Waals surface area (Å²) in [5.74, 6) is 0. The summed E-state index contributed by atoms with van der Waals surface area (Å²) in [4.78, 5) is 2.52. The molecule has 0 N–H and O–H groups in total. The van der Waals surface area contributed by atoms with Crippen LogP contribution < -0.4 is 0 Å². The topological polar surface area (TPSA) is 34.1 Å². The molecule has 0 aliphatic rings. The van der Waals surface area contributed by atoms with Gasteiger partial charge in [0.1, 0.15) is 5.25 Å². The van der Waals surface area contributed by atoms with Gasteiger partial charge in [0.15, 0.2) is 9.84 Å². The summed E-state index contributed by atoms with van der Waals surface area (Å²) in [5, 5.41) is 0.196. The van der Waals surface area contributed by atoms with Crippen molar-refractivity contribution in [1.29, 1.82) is 0 Å². The number of sulfone groups is 1. The molecule has 0 fully saturated rings. The van der Waals surface area contributed by atoms with Crippen LogP contribution in [0.2, 0.25) is 5.02 Å². The van der Waals surface area contributed by atoms with Crippen LogP contribution in [-0.2, 0) is 16.3 Å². The fourth-order valence-electron chi connectivity index (χ4n) is 3.70. The first-order valence-corrected chi connectivity index (χ1v) is 13.4. The van der Waals surface area contributed by atoms with E-state index in [1.54, 1.807) is 35.6 Å². The second-order valence-corrected chi connectivity index (χ2v) is 11.3. The van der Waals surface area contributed by atoms with Crippen molar-refractivity contribution in [1.82, 2.24) is 0 Å². The van der Waals surface area contributed by atoms with Crippen LogP contribution >= 0.6 is 22.9 Å². The molecule has 0 saturated heterocycles. The highest BCUT2D eigenvalue weighted by atomic mass is 35.5. The summed E-state index contributed by atoms with van der Waals surface area (Å²) < 4.78 is 27.2. The Morgan fingerprint density at radius 2 is 1.63 bits per heavy atom. The van der Waals surface area contributed by atoms with E-state index < -0.39 is 15.1 Å². The molecule has 5 heteroatoms. The van der Waals surface area contributed by atoms with Crippen LogP contribution in [0.1, 0.15) is 61.6 Å². The highest BCUT2D eigenvalue weighted by molar-refractivity contribution is 7.91. The van der Waals surface area contributed by atoms with Gasteiger partial charge in [0.25, 0.3) is 0 Å². The molecule has 3 rings (SSSR count). The van der Waals surface area contributed by atoms with E-state index in [9.17, 15) is 8.42 Å². The third-order valence-electron chi connectivity index (χ3n) is 5.31. The van der Waals surface area contributed by atoms with Crippen LogP contribution in [-0.4, -0.2) is 8.42 Å². The minimum absolute atomic E-state index is 0.407. The number of benzene rings is 2. The number of thiophene rings is 1. The smallest absolute Gasteiger partial charge is 0.186 e. The Hall–Kier alpha value is -1.62. The molecule has 3 aromatic rings. The lowest BCUT2D eigenvalue weighted by Crippen LogP contribution is -2.14. The van der Waals surface area contributed by atoms with E-state index in [4.69, 9.17) is 11.6 Å². The lowest BCUT2D eigenvalue weighted by molar-refractivity contribution is 0.574. The highest BCUT2D eigenvalue weighted by Gasteiger charge is 2.31. The average molecular weight is 461 g/mol. The van der Waals surface area contributed by atoms with Crippen LogP contribution in [0.5, 0.6) is 0 Å². The number of rotatable bonds is 10. The van der Waals surface area contributed by atoms with E-state index in [0.717, 1.165) is 47.4 Å². The lowest BCUT2D eigenvalue weighted by Gasteiger charge is -2.18. The molecule has 1 aromatic heterocycles. The predicted octanol–water partition coefficient (Wildman–Crippen LogP) is 8.12. The normalized spacial score (nSPS) is 12.8. The van der Waals surface area contributed by atoms with E-state index in [0.29, 0.717) is 16.3 Å². The van der Waals surface area contributed by atoms with Crippen LogP contribution in [0.4, 0.5) is 0 Å². The van der Waals surface area contributed by atoms with E-state index in [1.165, 1.54) is 5.56 Å². The summed E-state index contributed by atoms with van der Waals surface area (Å²) in [5.41, 5.74) is 2.26. The van der Waals surface area contributed by atoms with Gasteiger partial charge >= 0.3 is 0 Å². The van der Waals surface area contributed by atoms with Crippen LogP contribution in [0.25, 0.3) is 10.4 Å². The zero-order chi connectivity index (χ0) is 21.6. The third-order valence-corrected chi connectivity index (χ3v) is 9.20. The molecular formula is C25H29ClO2S2. The fourth-order valence-corrected chi connectivity index (χ4v) is 7.42. The third kappa shape index (κ3) is 5.35. The van der Waals surface area contributed by atoms with Gasteiger partial charge in [0, 0.05) is 14.8 Å². The van der Waals surface area contributed by atoms with Crippen LogP contribution in [0.15, 0.2) is 65.6 Å². The first kappa shape index (κ1) is 23.1. The number of unbranched alkanes of at least 4 members (excludes halogenated alkanes) is 2. The van der Waals surface area contributed by atoms with Gasteiger partial charge in [0.05, 0.1) is 4.90 Å². The average Bonchev–Trinajstić information content (AvgIpc) is 3.16. The summed E-state index contributed by atoms with van der Waals surface area (Å²) in [7, 11) is -3.46. The van der Waals surface area contributed by atoms with Crippen molar-refractivity contribution in [3.8, 4) is 10.4 Å². The molecule has 0 aliphatic heterocycles. The Kier molecular flexibility index (Phi) is 8.15. The van der Waals surface area contributed by atoms with Gasteiger partial charge in [-0.25, -0.2) is 8.42 Å². The number of hydrogen-bond acceptors (Lipinski definition) is 3. The van der Waals surface area contributed by atoms with E-state index in [-0.39, 0.29) is 0 Å². The quantitative estimate of drug-likeness (QED) is 0.286. The largest absolute Gasteiger partial charge is 0.223 e. The Balaban J connectivity index is 2.08. The highest BCUT2D eigenvalue weighted by Crippen LogP contribution is 2.43. The standard InChI is InChI=1S/C25H29ClO2S2/c1-3-5-7-11-20-18-23(19-14-16-21(26)17-15-19)29-25(20)24(10-4-2)30(27,28)22-12-8-6-9-13-22/h6,8-9,12-18,24H,3-5,7,10-11H2,1-2H3. The molecule has 0 spiro atoms. The SMILES string of the molecule is CCCCCc1cc(-c2ccc(Cl)cc2)sc1C(CCC)S(=O)(=O)c1ccccc1. The maximum Gasteiger partial charge on any atom is 0.186 e. The van der Waals surface area contributed by atoms with Crippen molar-refractivity contribution in [2.24, 2.45) is 0 Å². The first-order valence-electron chi connectivity index (χ1n) is 10.6. The van der Waals surface area contributed by atoms with Gasteiger partial charge in [-0.05, 0) is 60.7 Å². The van der Waals surface area contributed by atoms with Crippen LogP contribution in [0.3, 0.4) is 0 Å². The monoisotopic (exact) mass is 460 g/mol. The van der Waals surface area contributed by atoms with Crippen LogP contribution in [0, 0.1) is 0 Å². The fraction of sp³-hybridized carbons (Fsp3) is 0.360. The van der Waals surface area contributed by atoms with Gasteiger partial charge < -0.3 is 0 Å². The van der Waals surface area contributed by atoms with Gasteiger partial charge in [-0.2, -0.15) is 0 Å². The molecular weight excluding hydrogens is 432 g/mol. The van der Waals surface area contributed by atoms with Gasteiger partial charge in [0.2, 0.25) is 0 Å². The van der Waals surface area contributed by atoms with E-state index in [1.807, 2.05) is 30.3 Å². The molecule has 2 aromatic carbocycles. The zero-order valence-electron chi connectivity index (χ0n) is 17.6. The molecule has 160 valence electrons. The van der Waals surface area contributed by atoms with Crippen molar-refractivity contribution in [3.63, 3.8) is 0 Å². The molecule has 0 saturated carbocycles. The minimum Gasteiger partial charge on any atom is -0.223 e. The predicted molar refractivity (Wildman–Crippen MR) is 129 cm³/mol. The van der Waals surface area contributed by atoms with Crippen molar-refractivity contribution in [2.75, 3.05) is 0 Å². The minimum atomic E-state index is -3.46. The maximum absolute atomic E-state index is 13.6. The Morgan fingerprint density at radius 1 is 0.933 bits per heavy atom. The summed E-state index contributed by atoms with van der Waals surface area (Å²) in [6.45, 7) is 4.24. The molecule has 0 bridgehead atoms. The summed E-state index contributed by atoms with van der Waals surface area (Å²) in [6, 6.07) is 18.9. The van der Waals surface area contributed by atoms with Gasteiger partial charge in [-0.1, -0.05) is 75.0 Å². The Morgan fingerprint density at radius 3 is 2.27 bits per heavy atom. The van der Waals surface area contributed by atoms with E-state index in [2.05, 4.69) is 19.9 Å². The number of halogens is 1. The van der Waals surface area contributed by atoms with Gasteiger partial charge in [-0.3, -0.25) is 0 Å². The van der Waals surface area contributed by atoms with Crippen molar-refractivity contribution >= 4 is 32.8 Å².